The first kappa shape index (κ1) is 14.4. The quantitative estimate of drug-likeness (QED) is 0.921. The number of alkyl halides is 3. The highest BCUT2D eigenvalue weighted by Crippen LogP contribution is 2.36. The number of hydrogen-bond acceptors (Lipinski definition) is 4. The lowest BCUT2D eigenvalue weighted by Gasteiger charge is -2.13. The molecule has 0 saturated heterocycles. The zero-order valence-electron chi connectivity index (χ0n) is 9.89. The van der Waals surface area contributed by atoms with Gasteiger partial charge in [0.25, 0.3) is 10.0 Å². The largest absolute Gasteiger partial charge is 0.487 e. The minimum Gasteiger partial charge on any atom is -0.487 e. The summed E-state index contributed by atoms with van der Waals surface area (Å²) in [6, 6.07) is 4.50. The summed E-state index contributed by atoms with van der Waals surface area (Å²) < 4.78 is 69.1. The molecule has 5 nitrogen and oxygen atoms in total. The molecule has 0 bridgehead atoms. The van der Waals surface area contributed by atoms with Crippen molar-refractivity contribution in [1.29, 1.82) is 0 Å². The summed E-state index contributed by atoms with van der Waals surface area (Å²) in [6.45, 7) is -0.610. The molecule has 0 fully saturated rings. The third-order valence-corrected chi connectivity index (χ3v) is 3.87. The molecule has 108 valence electrons. The van der Waals surface area contributed by atoms with E-state index in [2.05, 4.69) is 4.40 Å². The Bertz CT molecular complexity index is 693. The van der Waals surface area contributed by atoms with E-state index in [1.165, 1.54) is 12.1 Å². The molecule has 0 amide bonds. The Morgan fingerprint density at radius 3 is 2.45 bits per heavy atom. The van der Waals surface area contributed by atoms with E-state index in [0.717, 1.165) is 18.3 Å². The number of ether oxygens (including phenoxy) is 1. The monoisotopic (exact) mass is 306 g/mol. The van der Waals surface area contributed by atoms with Crippen molar-refractivity contribution < 1.29 is 26.3 Å². The predicted octanol–water partition coefficient (Wildman–Crippen LogP) is 1.67. The first-order valence-corrected chi connectivity index (χ1v) is 6.74. The average Bonchev–Trinajstić information content (AvgIpc) is 2.60. The van der Waals surface area contributed by atoms with Crippen molar-refractivity contribution in [2.75, 3.05) is 6.61 Å². The van der Waals surface area contributed by atoms with E-state index < -0.39 is 34.1 Å². The molecule has 0 radical (unpaired) electrons. The van der Waals surface area contributed by atoms with Crippen molar-refractivity contribution in [2.24, 2.45) is 10.1 Å². The Balaban J connectivity index is 2.24. The van der Waals surface area contributed by atoms with Crippen molar-refractivity contribution in [2.45, 2.75) is 6.18 Å². The van der Waals surface area contributed by atoms with Crippen LogP contribution < -0.4 is 10.5 Å². The fourth-order valence-electron chi connectivity index (χ4n) is 1.54. The number of para-hydroxylation sites is 1. The first-order chi connectivity index (χ1) is 9.22. The highest BCUT2D eigenvalue weighted by atomic mass is 32.2. The van der Waals surface area contributed by atoms with Gasteiger partial charge in [0.15, 0.2) is 0 Å². The summed E-state index contributed by atoms with van der Waals surface area (Å²) in [5.74, 6) is -0.470. The van der Waals surface area contributed by atoms with E-state index in [0.29, 0.717) is 0 Å². The van der Waals surface area contributed by atoms with Gasteiger partial charge in [-0.2, -0.15) is 26.0 Å². The van der Waals surface area contributed by atoms with Crippen molar-refractivity contribution in [1.82, 2.24) is 0 Å². The van der Waals surface area contributed by atoms with Gasteiger partial charge in [0, 0.05) is 0 Å². The second-order valence-corrected chi connectivity index (χ2v) is 5.52. The second kappa shape index (κ2) is 4.82. The van der Waals surface area contributed by atoms with Gasteiger partial charge in [-0.05, 0) is 12.1 Å². The van der Waals surface area contributed by atoms with Crippen LogP contribution in [0.25, 0.3) is 0 Å². The number of halogens is 3. The number of sulfonamides is 1. The van der Waals surface area contributed by atoms with Crippen LogP contribution in [0.5, 0.6) is 5.75 Å². The van der Waals surface area contributed by atoms with Crippen LogP contribution in [-0.2, 0) is 16.2 Å². The van der Waals surface area contributed by atoms with Crippen molar-refractivity contribution in [3.63, 3.8) is 0 Å². The standard InChI is InChI=1S/C11H9F3N2O3S/c12-11(13,14)7-3-1-2-4-9(7)19-6-10-8(15)5-16-20(10,17)18/h1-5H,6,15H2. The number of rotatable bonds is 3. The molecule has 1 aliphatic rings. The number of allylic oxidation sites excluding steroid dienone is 1. The van der Waals surface area contributed by atoms with Crippen molar-refractivity contribution in [3.8, 4) is 5.75 Å². The van der Waals surface area contributed by atoms with Gasteiger partial charge in [-0.3, -0.25) is 0 Å². The molecule has 20 heavy (non-hydrogen) atoms. The summed E-state index contributed by atoms with van der Waals surface area (Å²) in [7, 11) is -3.94. The maximum atomic E-state index is 12.7. The fourth-order valence-corrected chi connectivity index (χ4v) is 2.48. The number of benzene rings is 1. The van der Waals surface area contributed by atoms with Gasteiger partial charge in [-0.1, -0.05) is 12.1 Å². The van der Waals surface area contributed by atoms with Crippen molar-refractivity contribution in [3.05, 3.63) is 40.4 Å². The maximum absolute atomic E-state index is 12.7. The predicted molar refractivity (Wildman–Crippen MR) is 65.6 cm³/mol. The van der Waals surface area contributed by atoms with E-state index in [4.69, 9.17) is 10.5 Å². The molecular weight excluding hydrogens is 297 g/mol. The molecule has 0 atom stereocenters. The van der Waals surface area contributed by atoms with E-state index >= 15 is 0 Å². The van der Waals surface area contributed by atoms with E-state index in [-0.39, 0.29) is 10.6 Å². The Kier molecular flexibility index (Phi) is 3.46. The third kappa shape index (κ3) is 2.77. The van der Waals surface area contributed by atoms with Crippen LogP contribution in [0.2, 0.25) is 0 Å². The summed E-state index contributed by atoms with van der Waals surface area (Å²) in [4.78, 5) is -0.352. The number of nitrogens with two attached hydrogens (primary N) is 1. The molecule has 1 aromatic rings. The first-order valence-electron chi connectivity index (χ1n) is 5.30. The minimum absolute atomic E-state index is 0.144. The lowest BCUT2D eigenvalue weighted by Crippen LogP contribution is -2.14. The molecule has 9 heteroatoms. The van der Waals surface area contributed by atoms with Gasteiger partial charge >= 0.3 is 6.18 Å². The van der Waals surface area contributed by atoms with Gasteiger partial charge in [0.1, 0.15) is 17.3 Å². The summed E-state index contributed by atoms with van der Waals surface area (Å²) >= 11 is 0. The minimum atomic E-state index is -4.60. The van der Waals surface area contributed by atoms with Gasteiger partial charge in [0.2, 0.25) is 0 Å². The molecule has 0 spiro atoms. The van der Waals surface area contributed by atoms with Crippen LogP contribution in [0.3, 0.4) is 0 Å². The molecule has 2 rings (SSSR count). The average molecular weight is 306 g/mol. The normalized spacial score (nSPS) is 17.6. The summed E-state index contributed by atoms with van der Waals surface area (Å²) in [5, 5.41) is 0. The van der Waals surface area contributed by atoms with Crippen LogP contribution in [0.1, 0.15) is 5.56 Å². The molecule has 1 aromatic carbocycles. The van der Waals surface area contributed by atoms with Crippen LogP contribution >= 0.6 is 0 Å². The van der Waals surface area contributed by atoms with Crippen molar-refractivity contribution >= 4 is 16.2 Å². The zero-order chi connectivity index (χ0) is 15.0. The fraction of sp³-hybridized carbons (Fsp3) is 0.182. The highest BCUT2D eigenvalue weighted by molar-refractivity contribution is 7.94. The smallest absolute Gasteiger partial charge is 0.419 e. The van der Waals surface area contributed by atoms with Crippen LogP contribution in [-0.4, -0.2) is 21.2 Å². The third-order valence-electron chi connectivity index (χ3n) is 2.52. The Morgan fingerprint density at radius 2 is 1.90 bits per heavy atom. The second-order valence-electron chi connectivity index (χ2n) is 3.87. The molecule has 1 aliphatic heterocycles. The number of hydrogen-bond donors (Lipinski definition) is 1. The Hall–Kier alpha value is -2.03. The van der Waals surface area contributed by atoms with E-state index in [1.807, 2.05) is 0 Å². The molecule has 1 heterocycles. The lowest BCUT2D eigenvalue weighted by molar-refractivity contribution is -0.138. The van der Waals surface area contributed by atoms with Gasteiger partial charge in [-0.15, -0.1) is 0 Å². The van der Waals surface area contributed by atoms with Crippen LogP contribution in [0.15, 0.2) is 39.3 Å². The summed E-state index contributed by atoms with van der Waals surface area (Å²) in [6.07, 6.45) is -3.68. The summed E-state index contributed by atoms with van der Waals surface area (Å²) in [5.41, 5.74) is 4.26. The van der Waals surface area contributed by atoms with E-state index in [9.17, 15) is 21.6 Å². The lowest BCUT2D eigenvalue weighted by atomic mass is 10.2. The van der Waals surface area contributed by atoms with Crippen LogP contribution in [0, 0.1) is 0 Å². The topological polar surface area (TPSA) is 81.8 Å². The molecule has 0 aromatic heterocycles. The molecule has 0 saturated carbocycles. The Morgan fingerprint density at radius 1 is 1.25 bits per heavy atom. The van der Waals surface area contributed by atoms with Crippen LogP contribution in [0.4, 0.5) is 13.2 Å². The van der Waals surface area contributed by atoms with Gasteiger partial charge in [-0.25, -0.2) is 0 Å². The van der Waals surface area contributed by atoms with Gasteiger partial charge in [0.05, 0.1) is 17.5 Å². The SMILES string of the molecule is NC1=C(COc2ccccc2C(F)(F)F)S(=O)(=O)N=C1. The number of nitrogens with zero attached hydrogens (tertiary/aromatic N) is 1. The highest BCUT2D eigenvalue weighted by Gasteiger charge is 2.34. The molecule has 2 N–H and O–H groups in total. The van der Waals surface area contributed by atoms with E-state index in [1.54, 1.807) is 0 Å². The molecule has 0 unspecified atom stereocenters. The maximum Gasteiger partial charge on any atom is 0.419 e. The Labute approximate surface area is 112 Å². The van der Waals surface area contributed by atoms with Gasteiger partial charge < -0.3 is 10.5 Å². The zero-order valence-corrected chi connectivity index (χ0v) is 10.7. The molecular formula is C11H9F3N2O3S. The molecule has 0 aliphatic carbocycles.